The van der Waals surface area contributed by atoms with Crippen molar-refractivity contribution in [3.8, 4) is 0 Å². The fraction of sp³-hybridized carbons (Fsp3) is 0.333. The molecule has 1 aliphatic heterocycles. The lowest BCUT2D eigenvalue weighted by Gasteiger charge is -2.31. The van der Waals surface area contributed by atoms with Gasteiger partial charge in [0, 0.05) is 23.1 Å². The van der Waals surface area contributed by atoms with Gasteiger partial charge in [-0.1, -0.05) is 18.2 Å². The third-order valence-electron chi connectivity index (χ3n) is 3.78. The second-order valence-corrected chi connectivity index (χ2v) is 5.18. The Kier molecular flexibility index (Phi) is 3.39. The number of aromatic nitrogens is 1. The molecule has 0 bridgehead atoms. The first kappa shape index (κ1) is 13.6. The highest BCUT2D eigenvalue weighted by Crippen LogP contribution is 2.24. The number of nitrogens with zero attached hydrogens (tertiary/aromatic N) is 1. The largest absolute Gasteiger partial charge is 0.367 e. The lowest BCUT2D eigenvalue weighted by Crippen LogP contribution is -2.50. The number of nitrogens with two attached hydrogens (primary N) is 1. The van der Waals surface area contributed by atoms with Gasteiger partial charge in [-0.25, -0.2) is 0 Å². The van der Waals surface area contributed by atoms with Crippen molar-refractivity contribution in [1.82, 2.24) is 9.88 Å². The number of hydrogen-bond acceptors (Lipinski definition) is 3. The van der Waals surface area contributed by atoms with E-state index in [2.05, 4.69) is 4.98 Å². The zero-order valence-electron chi connectivity index (χ0n) is 11.8. The zero-order valence-corrected chi connectivity index (χ0v) is 11.8. The van der Waals surface area contributed by atoms with Gasteiger partial charge >= 0.3 is 0 Å². The molecule has 1 fully saturated rings. The third-order valence-corrected chi connectivity index (χ3v) is 3.78. The van der Waals surface area contributed by atoms with E-state index in [1.54, 1.807) is 4.90 Å². The minimum atomic E-state index is -0.729. The molecule has 0 saturated carbocycles. The number of carbonyl (C=O) groups is 2. The maximum Gasteiger partial charge on any atom is 0.256 e. The van der Waals surface area contributed by atoms with E-state index in [-0.39, 0.29) is 12.5 Å². The lowest BCUT2D eigenvalue weighted by atomic mass is 10.1. The van der Waals surface area contributed by atoms with Crippen molar-refractivity contribution in [3.63, 3.8) is 0 Å². The Morgan fingerprint density at radius 3 is 2.90 bits per heavy atom. The van der Waals surface area contributed by atoms with E-state index < -0.39 is 12.0 Å². The zero-order chi connectivity index (χ0) is 15.0. The molecule has 1 aliphatic rings. The standard InChI is InChI=1S/C15H17N3O3/c1-9-13(10-4-2-3-5-11(10)17-9)15(20)18-6-7-21-12(8-18)14(16)19/h2-5,12,17H,6-8H2,1H3,(H2,16,19). The van der Waals surface area contributed by atoms with Crippen LogP contribution in [-0.2, 0) is 9.53 Å². The van der Waals surface area contributed by atoms with Gasteiger partial charge in [0.25, 0.3) is 5.91 Å². The van der Waals surface area contributed by atoms with E-state index in [0.29, 0.717) is 18.7 Å². The topological polar surface area (TPSA) is 88.4 Å². The quantitative estimate of drug-likeness (QED) is 0.856. The van der Waals surface area contributed by atoms with Crippen LogP contribution in [0.5, 0.6) is 0 Å². The van der Waals surface area contributed by atoms with Gasteiger partial charge in [0.1, 0.15) is 0 Å². The average molecular weight is 287 g/mol. The highest BCUT2D eigenvalue weighted by molar-refractivity contribution is 6.08. The van der Waals surface area contributed by atoms with Crippen molar-refractivity contribution in [3.05, 3.63) is 35.5 Å². The van der Waals surface area contributed by atoms with E-state index in [1.165, 1.54) is 0 Å². The smallest absolute Gasteiger partial charge is 0.256 e. The molecule has 3 rings (SSSR count). The van der Waals surface area contributed by atoms with Crippen LogP contribution in [0.2, 0.25) is 0 Å². The molecule has 0 aliphatic carbocycles. The Morgan fingerprint density at radius 1 is 1.38 bits per heavy atom. The van der Waals surface area contributed by atoms with Crippen LogP contribution >= 0.6 is 0 Å². The number of aromatic amines is 1. The van der Waals surface area contributed by atoms with Gasteiger partial charge in [-0.2, -0.15) is 0 Å². The number of benzene rings is 1. The number of primary amides is 1. The van der Waals surface area contributed by atoms with Crippen LogP contribution < -0.4 is 5.73 Å². The molecular formula is C15H17N3O3. The van der Waals surface area contributed by atoms with Crippen molar-refractivity contribution in [2.45, 2.75) is 13.0 Å². The average Bonchev–Trinajstić information content (AvgIpc) is 2.82. The van der Waals surface area contributed by atoms with Gasteiger partial charge in [0.15, 0.2) is 6.10 Å². The number of para-hydroxylation sites is 1. The Hall–Kier alpha value is -2.34. The Morgan fingerprint density at radius 2 is 2.14 bits per heavy atom. The summed E-state index contributed by atoms with van der Waals surface area (Å²) in [5.74, 6) is -0.636. The third kappa shape index (κ3) is 2.38. The molecule has 1 unspecified atom stereocenters. The van der Waals surface area contributed by atoms with Crippen molar-refractivity contribution < 1.29 is 14.3 Å². The van der Waals surface area contributed by atoms with Gasteiger partial charge in [-0.15, -0.1) is 0 Å². The van der Waals surface area contributed by atoms with Crippen LogP contribution in [0, 0.1) is 6.92 Å². The second-order valence-electron chi connectivity index (χ2n) is 5.18. The van der Waals surface area contributed by atoms with Crippen LogP contribution in [0.3, 0.4) is 0 Å². The molecule has 6 heteroatoms. The molecule has 2 aromatic rings. The lowest BCUT2D eigenvalue weighted by molar-refractivity contribution is -0.133. The van der Waals surface area contributed by atoms with Gasteiger partial charge in [-0.05, 0) is 13.0 Å². The Labute approximate surface area is 121 Å². The fourth-order valence-electron chi connectivity index (χ4n) is 2.72. The number of rotatable bonds is 2. The summed E-state index contributed by atoms with van der Waals surface area (Å²) in [6.07, 6.45) is -0.729. The number of morpholine rings is 1. The first-order valence-corrected chi connectivity index (χ1v) is 6.85. The molecule has 1 atom stereocenters. The normalized spacial score (nSPS) is 18.9. The number of hydrogen-bond donors (Lipinski definition) is 2. The summed E-state index contributed by atoms with van der Waals surface area (Å²) in [6.45, 7) is 2.86. The summed E-state index contributed by atoms with van der Waals surface area (Å²) < 4.78 is 5.28. The van der Waals surface area contributed by atoms with Crippen LogP contribution in [0.4, 0.5) is 0 Å². The molecule has 0 spiro atoms. The Balaban J connectivity index is 1.93. The van der Waals surface area contributed by atoms with E-state index >= 15 is 0 Å². The number of ether oxygens (including phenoxy) is 1. The van der Waals surface area contributed by atoms with Gasteiger partial charge < -0.3 is 20.4 Å². The van der Waals surface area contributed by atoms with E-state index in [0.717, 1.165) is 16.6 Å². The maximum absolute atomic E-state index is 12.8. The molecule has 3 N–H and O–H groups in total. The van der Waals surface area contributed by atoms with E-state index in [1.807, 2.05) is 31.2 Å². The molecule has 110 valence electrons. The summed E-state index contributed by atoms with van der Waals surface area (Å²) in [5, 5.41) is 0.891. The first-order valence-electron chi connectivity index (χ1n) is 6.85. The fourth-order valence-corrected chi connectivity index (χ4v) is 2.72. The first-order chi connectivity index (χ1) is 10.1. The number of amides is 2. The van der Waals surface area contributed by atoms with E-state index in [4.69, 9.17) is 10.5 Å². The number of nitrogens with one attached hydrogen (secondary N) is 1. The number of aryl methyl sites for hydroxylation is 1. The van der Waals surface area contributed by atoms with Crippen molar-refractivity contribution in [2.24, 2.45) is 5.73 Å². The second kappa shape index (κ2) is 5.21. The molecule has 2 amide bonds. The summed E-state index contributed by atoms with van der Waals surface area (Å²) in [7, 11) is 0. The SMILES string of the molecule is Cc1[nH]c2ccccc2c1C(=O)N1CCOC(C(N)=O)C1. The molecule has 1 saturated heterocycles. The number of H-pyrrole nitrogens is 1. The van der Waals surface area contributed by atoms with Crippen LogP contribution in [0.15, 0.2) is 24.3 Å². The molecule has 2 heterocycles. The Bertz CT molecular complexity index is 707. The van der Waals surface area contributed by atoms with E-state index in [9.17, 15) is 9.59 Å². The minimum absolute atomic E-state index is 0.0977. The predicted octanol–water partition coefficient (Wildman–Crippen LogP) is 0.803. The summed E-state index contributed by atoms with van der Waals surface area (Å²) in [5.41, 5.74) is 7.66. The maximum atomic E-state index is 12.8. The van der Waals surface area contributed by atoms with Crippen molar-refractivity contribution in [1.29, 1.82) is 0 Å². The van der Waals surface area contributed by atoms with Crippen LogP contribution in [0.1, 0.15) is 16.1 Å². The number of fused-ring (bicyclic) bond motifs is 1. The molecular weight excluding hydrogens is 270 g/mol. The van der Waals surface area contributed by atoms with Crippen LogP contribution in [0.25, 0.3) is 10.9 Å². The summed E-state index contributed by atoms with van der Waals surface area (Å²) >= 11 is 0. The van der Waals surface area contributed by atoms with Crippen LogP contribution in [-0.4, -0.2) is 47.5 Å². The molecule has 6 nitrogen and oxygen atoms in total. The highest BCUT2D eigenvalue weighted by Gasteiger charge is 2.30. The highest BCUT2D eigenvalue weighted by atomic mass is 16.5. The summed E-state index contributed by atoms with van der Waals surface area (Å²) in [6, 6.07) is 7.67. The molecule has 1 aromatic heterocycles. The van der Waals surface area contributed by atoms with Crippen molar-refractivity contribution in [2.75, 3.05) is 19.7 Å². The van der Waals surface area contributed by atoms with Gasteiger partial charge in [0.05, 0.1) is 18.7 Å². The minimum Gasteiger partial charge on any atom is -0.367 e. The molecule has 1 aromatic carbocycles. The summed E-state index contributed by atoms with van der Waals surface area (Å²) in [4.78, 5) is 28.8. The van der Waals surface area contributed by atoms with Gasteiger partial charge in [0.2, 0.25) is 5.91 Å². The monoisotopic (exact) mass is 287 g/mol. The molecule has 0 radical (unpaired) electrons. The molecule has 21 heavy (non-hydrogen) atoms. The van der Waals surface area contributed by atoms with Crippen molar-refractivity contribution >= 4 is 22.7 Å². The predicted molar refractivity (Wildman–Crippen MR) is 77.9 cm³/mol. The number of carbonyl (C=O) groups excluding carboxylic acids is 2. The van der Waals surface area contributed by atoms with Gasteiger partial charge in [-0.3, -0.25) is 9.59 Å².